The second kappa shape index (κ2) is 7.57. The van der Waals surface area contributed by atoms with Gasteiger partial charge in [-0.25, -0.2) is 4.39 Å². The zero-order valence-corrected chi connectivity index (χ0v) is 13.0. The predicted molar refractivity (Wildman–Crippen MR) is 84.7 cm³/mol. The van der Waals surface area contributed by atoms with Crippen molar-refractivity contribution in [3.8, 4) is 5.75 Å². The maximum absolute atomic E-state index is 12.8. The lowest BCUT2D eigenvalue weighted by Crippen LogP contribution is -2.40. The first-order valence-electron chi connectivity index (χ1n) is 7.98. The number of aliphatic hydroxyl groups excluding tert-OH is 1. The molecule has 0 spiro atoms. The van der Waals surface area contributed by atoms with Gasteiger partial charge in [-0.3, -0.25) is 9.58 Å². The summed E-state index contributed by atoms with van der Waals surface area (Å²) >= 11 is 0. The second-order valence-corrected chi connectivity index (χ2v) is 5.94. The lowest BCUT2D eigenvalue weighted by atomic mass is 10.2. The average Bonchev–Trinajstić information content (AvgIpc) is 3.20. The summed E-state index contributed by atoms with van der Waals surface area (Å²) in [6, 6.07) is 8.15. The Hall–Kier alpha value is -1.92. The maximum atomic E-state index is 12.8. The molecule has 1 saturated heterocycles. The molecular formula is C17H22FN3O2. The van der Waals surface area contributed by atoms with Crippen LogP contribution in [0.5, 0.6) is 5.75 Å². The van der Waals surface area contributed by atoms with Crippen molar-refractivity contribution < 1.29 is 14.2 Å². The molecule has 1 aliphatic heterocycles. The van der Waals surface area contributed by atoms with Gasteiger partial charge < -0.3 is 9.84 Å². The molecule has 5 nitrogen and oxygen atoms in total. The number of halogens is 1. The summed E-state index contributed by atoms with van der Waals surface area (Å²) in [6.45, 7) is 2.61. The van der Waals surface area contributed by atoms with Gasteiger partial charge in [-0.2, -0.15) is 5.10 Å². The van der Waals surface area contributed by atoms with E-state index >= 15 is 0 Å². The minimum absolute atomic E-state index is 0.205. The number of aliphatic hydroxyl groups is 1. The number of β-amino-alcohol motifs (C(OH)–C–C–N with tert-alkyl or cyclic N) is 1. The molecule has 0 radical (unpaired) electrons. The molecule has 0 unspecified atom stereocenters. The molecule has 1 N–H and O–H groups in total. The Balaban J connectivity index is 1.46. The van der Waals surface area contributed by atoms with Crippen LogP contribution >= 0.6 is 0 Å². The zero-order valence-electron chi connectivity index (χ0n) is 13.0. The third-order valence-electron chi connectivity index (χ3n) is 4.16. The van der Waals surface area contributed by atoms with Gasteiger partial charge in [0.1, 0.15) is 24.3 Å². The third-order valence-corrected chi connectivity index (χ3v) is 4.16. The van der Waals surface area contributed by atoms with Gasteiger partial charge in [0.15, 0.2) is 0 Å². The van der Waals surface area contributed by atoms with E-state index in [1.54, 1.807) is 18.3 Å². The molecule has 1 aromatic heterocycles. The molecule has 0 amide bonds. The van der Waals surface area contributed by atoms with Crippen LogP contribution in [-0.2, 0) is 6.54 Å². The molecule has 1 aromatic carbocycles. The van der Waals surface area contributed by atoms with Crippen molar-refractivity contribution in [3.05, 3.63) is 48.5 Å². The fraction of sp³-hybridized carbons (Fsp3) is 0.471. The van der Waals surface area contributed by atoms with E-state index in [-0.39, 0.29) is 12.4 Å². The zero-order chi connectivity index (χ0) is 16.1. The van der Waals surface area contributed by atoms with Crippen LogP contribution < -0.4 is 4.74 Å². The molecule has 2 heterocycles. The topological polar surface area (TPSA) is 50.5 Å². The monoisotopic (exact) mass is 319 g/mol. The highest BCUT2D eigenvalue weighted by Crippen LogP contribution is 2.19. The molecule has 0 aliphatic carbocycles. The molecular weight excluding hydrogens is 297 g/mol. The Labute approximate surface area is 135 Å². The van der Waals surface area contributed by atoms with Crippen molar-refractivity contribution in [3.63, 3.8) is 0 Å². The lowest BCUT2D eigenvalue weighted by molar-refractivity contribution is 0.0609. The van der Waals surface area contributed by atoms with Crippen molar-refractivity contribution in [2.45, 2.75) is 31.5 Å². The molecule has 2 atom stereocenters. The third kappa shape index (κ3) is 4.53. The van der Waals surface area contributed by atoms with Gasteiger partial charge in [-0.15, -0.1) is 0 Å². The minimum Gasteiger partial charge on any atom is -0.491 e. The highest BCUT2D eigenvalue weighted by Gasteiger charge is 2.26. The van der Waals surface area contributed by atoms with Crippen molar-refractivity contribution in [1.29, 1.82) is 0 Å². The molecule has 1 aliphatic rings. The predicted octanol–water partition coefficient (Wildman–Crippen LogP) is 1.93. The standard InChI is InChI=1S/C17H22FN3O2/c18-14-4-6-17(7-5-14)23-13-16(22)12-20-9-1-3-15(20)11-21-10-2-8-19-21/h2,4-8,10,15-16,22H,1,3,9,11-13H2/t15-,16-/m1/s1. The fourth-order valence-corrected chi connectivity index (χ4v) is 3.01. The number of likely N-dealkylation sites (tertiary alicyclic amines) is 1. The van der Waals surface area contributed by atoms with Gasteiger partial charge in [0, 0.05) is 25.0 Å². The van der Waals surface area contributed by atoms with Crippen LogP contribution in [0, 0.1) is 5.82 Å². The van der Waals surface area contributed by atoms with Gasteiger partial charge in [0.05, 0.1) is 6.54 Å². The van der Waals surface area contributed by atoms with Crippen LogP contribution in [0.2, 0.25) is 0 Å². The highest BCUT2D eigenvalue weighted by molar-refractivity contribution is 5.22. The van der Waals surface area contributed by atoms with E-state index in [2.05, 4.69) is 10.00 Å². The van der Waals surface area contributed by atoms with Crippen molar-refractivity contribution in [2.24, 2.45) is 0 Å². The van der Waals surface area contributed by atoms with E-state index in [0.717, 1.165) is 25.9 Å². The second-order valence-electron chi connectivity index (χ2n) is 5.94. The summed E-state index contributed by atoms with van der Waals surface area (Å²) < 4.78 is 20.3. The smallest absolute Gasteiger partial charge is 0.123 e. The molecule has 0 bridgehead atoms. The van der Waals surface area contributed by atoms with Crippen LogP contribution in [0.15, 0.2) is 42.7 Å². The van der Waals surface area contributed by atoms with Crippen LogP contribution in [-0.4, -0.2) is 51.6 Å². The maximum Gasteiger partial charge on any atom is 0.123 e. The largest absolute Gasteiger partial charge is 0.491 e. The first-order chi connectivity index (χ1) is 11.2. The van der Waals surface area contributed by atoms with Gasteiger partial charge in [0.2, 0.25) is 0 Å². The quantitative estimate of drug-likeness (QED) is 0.847. The lowest BCUT2D eigenvalue weighted by Gasteiger charge is -2.26. The van der Waals surface area contributed by atoms with Gasteiger partial charge in [0.25, 0.3) is 0 Å². The molecule has 3 rings (SSSR count). The minimum atomic E-state index is -0.571. The number of hydrogen-bond acceptors (Lipinski definition) is 4. The number of rotatable bonds is 7. The van der Waals surface area contributed by atoms with Crippen molar-refractivity contribution in [2.75, 3.05) is 19.7 Å². The Morgan fingerprint density at radius 1 is 1.35 bits per heavy atom. The molecule has 124 valence electrons. The fourth-order valence-electron chi connectivity index (χ4n) is 3.01. The van der Waals surface area contributed by atoms with Gasteiger partial charge in [-0.1, -0.05) is 0 Å². The SMILES string of the molecule is O[C@@H](COc1ccc(F)cc1)CN1CCC[C@@H]1Cn1cccn1. The van der Waals surface area contributed by atoms with Crippen LogP contribution in [0.1, 0.15) is 12.8 Å². The van der Waals surface area contributed by atoms with E-state index in [1.807, 2.05) is 16.9 Å². The molecule has 6 heteroatoms. The summed E-state index contributed by atoms with van der Waals surface area (Å²) in [5.41, 5.74) is 0. The van der Waals surface area contributed by atoms with E-state index in [1.165, 1.54) is 12.1 Å². The average molecular weight is 319 g/mol. The Morgan fingerprint density at radius 3 is 2.91 bits per heavy atom. The normalized spacial score (nSPS) is 19.8. The van der Waals surface area contributed by atoms with Crippen molar-refractivity contribution >= 4 is 0 Å². The molecule has 0 saturated carbocycles. The summed E-state index contributed by atoms with van der Waals surface area (Å²) in [6.07, 6.45) is 5.43. The Kier molecular flexibility index (Phi) is 5.25. The number of hydrogen-bond donors (Lipinski definition) is 1. The Bertz CT molecular complexity index is 588. The van der Waals surface area contributed by atoms with E-state index in [0.29, 0.717) is 18.3 Å². The number of nitrogens with zero attached hydrogens (tertiary/aromatic N) is 3. The summed E-state index contributed by atoms with van der Waals surface area (Å²) in [5, 5.41) is 14.5. The van der Waals surface area contributed by atoms with Crippen LogP contribution in [0.25, 0.3) is 0 Å². The summed E-state index contributed by atoms with van der Waals surface area (Å²) in [4.78, 5) is 2.29. The molecule has 2 aromatic rings. The first kappa shape index (κ1) is 16.0. The highest BCUT2D eigenvalue weighted by atomic mass is 19.1. The first-order valence-corrected chi connectivity index (χ1v) is 7.98. The van der Waals surface area contributed by atoms with Crippen LogP contribution in [0.4, 0.5) is 4.39 Å². The van der Waals surface area contributed by atoms with Gasteiger partial charge >= 0.3 is 0 Å². The summed E-state index contributed by atoms with van der Waals surface area (Å²) in [5.74, 6) is 0.274. The van der Waals surface area contributed by atoms with Crippen LogP contribution in [0.3, 0.4) is 0 Å². The van der Waals surface area contributed by atoms with Crippen molar-refractivity contribution in [1.82, 2.24) is 14.7 Å². The van der Waals surface area contributed by atoms with E-state index in [9.17, 15) is 9.50 Å². The van der Waals surface area contributed by atoms with E-state index < -0.39 is 6.10 Å². The molecule has 1 fully saturated rings. The van der Waals surface area contributed by atoms with E-state index in [4.69, 9.17) is 4.74 Å². The van der Waals surface area contributed by atoms with Gasteiger partial charge in [-0.05, 0) is 49.7 Å². The Morgan fingerprint density at radius 2 is 2.17 bits per heavy atom. The summed E-state index contributed by atoms with van der Waals surface area (Å²) in [7, 11) is 0. The number of ether oxygens (including phenoxy) is 1. The molecule has 23 heavy (non-hydrogen) atoms. The number of aromatic nitrogens is 2. The number of benzene rings is 1.